The Kier molecular flexibility index (Phi) is 2.63. The van der Waals surface area contributed by atoms with Crippen LogP contribution in [0.15, 0.2) is 36.7 Å². The van der Waals surface area contributed by atoms with Crippen molar-refractivity contribution < 1.29 is 4.79 Å². The Morgan fingerprint density at radius 3 is 3.06 bits per heavy atom. The van der Waals surface area contributed by atoms with Crippen LogP contribution in [-0.4, -0.2) is 22.9 Å². The van der Waals surface area contributed by atoms with Gasteiger partial charge >= 0.3 is 0 Å². The summed E-state index contributed by atoms with van der Waals surface area (Å²) >= 11 is 0. The molecule has 1 saturated heterocycles. The first-order valence-corrected chi connectivity index (χ1v) is 6.33. The van der Waals surface area contributed by atoms with Crippen molar-refractivity contribution in [1.29, 1.82) is 0 Å². The lowest BCUT2D eigenvalue weighted by Crippen LogP contribution is -2.44. The Hall–Kier alpha value is -1.74. The largest absolute Gasteiger partial charge is 0.305 e. The predicted octanol–water partition coefficient (Wildman–Crippen LogP) is 2.56. The van der Waals surface area contributed by atoms with Crippen LogP contribution in [0.1, 0.15) is 30.1 Å². The van der Waals surface area contributed by atoms with Crippen LogP contribution < -0.4 is 5.32 Å². The van der Waals surface area contributed by atoms with Crippen LogP contribution in [0.25, 0.3) is 10.8 Å². The van der Waals surface area contributed by atoms with E-state index in [0.29, 0.717) is 0 Å². The molecular weight excluding hydrogens is 224 g/mol. The molecule has 0 radical (unpaired) electrons. The second kappa shape index (κ2) is 4.18. The Balaban J connectivity index is 2.12. The van der Waals surface area contributed by atoms with Crippen molar-refractivity contribution >= 4 is 16.6 Å². The lowest BCUT2D eigenvalue weighted by atomic mass is 9.88. The number of carbonyl (C=O) groups excluding carboxylic acids is 1. The van der Waals surface area contributed by atoms with Gasteiger partial charge in [0.25, 0.3) is 0 Å². The van der Waals surface area contributed by atoms with E-state index in [9.17, 15) is 4.79 Å². The lowest BCUT2D eigenvalue weighted by molar-refractivity contribution is 0.0886. The van der Waals surface area contributed by atoms with E-state index in [1.807, 2.05) is 31.2 Å². The van der Waals surface area contributed by atoms with Crippen LogP contribution in [0, 0.1) is 0 Å². The van der Waals surface area contributed by atoms with Crippen LogP contribution in [0.3, 0.4) is 0 Å². The van der Waals surface area contributed by atoms with Crippen molar-refractivity contribution in [1.82, 2.24) is 10.3 Å². The number of hydrogen-bond acceptors (Lipinski definition) is 3. The number of nitrogens with one attached hydrogen (secondary N) is 1. The molecule has 92 valence electrons. The highest BCUT2D eigenvalue weighted by atomic mass is 16.1. The topological polar surface area (TPSA) is 42.0 Å². The number of benzene rings is 1. The van der Waals surface area contributed by atoms with Crippen molar-refractivity contribution in [2.45, 2.75) is 25.3 Å². The molecule has 0 bridgehead atoms. The fourth-order valence-electron chi connectivity index (χ4n) is 2.71. The molecule has 3 rings (SSSR count). The van der Waals surface area contributed by atoms with Crippen LogP contribution in [0.5, 0.6) is 0 Å². The molecule has 0 aliphatic carbocycles. The molecule has 2 aromatic rings. The van der Waals surface area contributed by atoms with E-state index in [2.05, 4.69) is 10.3 Å². The third-order valence-electron chi connectivity index (χ3n) is 3.80. The van der Waals surface area contributed by atoms with Crippen LogP contribution in [-0.2, 0) is 0 Å². The average molecular weight is 240 g/mol. The quantitative estimate of drug-likeness (QED) is 0.820. The summed E-state index contributed by atoms with van der Waals surface area (Å²) in [5.74, 6) is 0.191. The predicted molar refractivity (Wildman–Crippen MR) is 71.7 cm³/mol. The average Bonchev–Trinajstić information content (AvgIpc) is 2.85. The van der Waals surface area contributed by atoms with Crippen LogP contribution in [0.4, 0.5) is 0 Å². The molecule has 0 amide bonds. The smallest absolute Gasteiger partial charge is 0.183 e. The maximum Gasteiger partial charge on any atom is 0.183 e. The van der Waals surface area contributed by atoms with Crippen LogP contribution in [0.2, 0.25) is 0 Å². The fraction of sp³-hybridized carbons (Fsp3) is 0.333. The molecule has 3 heteroatoms. The van der Waals surface area contributed by atoms with Gasteiger partial charge in [0, 0.05) is 23.3 Å². The number of nitrogens with zero attached hydrogens (tertiary/aromatic N) is 1. The van der Waals surface area contributed by atoms with E-state index < -0.39 is 5.54 Å². The number of Topliss-reactive ketones (excluding diaryl/α,β-unsaturated/α-hetero) is 1. The Bertz CT molecular complexity index is 595. The molecule has 0 saturated carbocycles. The van der Waals surface area contributed by atoms with Crippen molar-refractivity contribution in [2.24, 2.45) is 0 Å². The normalized spacial score (nSPS) is 23.4. The number of ketones is 1. The number of rotatable bonds is 2. The maximum atomic E-state index is 12.7. The highest BCUT2D eigenvalue weighted by Gasteiger charge is 2.36. The van der Waals surface area contributed by atoms with E-state index in [1.165, 1.54) is 0 Å². The van der Waals surface area contributed by atoms with Crippen molar-refractivity contribution in [3.8, 4) is 0 Å². The number of pyridine rings is 1. The summed E-state index contributed by atoms with van der Waals surface area (Å²) in [6, 6.07) is 7.75. The standard InChI is InChI=1S/C15H16N2O/c1-15(7-3-8-17-15)14(18)13-5-2-4-11-10-16-9-6-12(11)13/h2,4-6,9-10,17H,3,7-8H2,1H3. The highest BCUT2D eigenvalue weighted by Crippen LogP contribution is 2.27. The van der Waals surface area contributed by atoms with Gasteiger partial charge in [-0.05, 0) is 37.8 Å². The SMILES string of the molecule is CC1(C(=O)c2cccc3cnccc23)CCCN1. The minimum atomic E-state index is -0.405. The van der Waals surface area contributed by atoms with E-state index in [1.54, 1.807) is 12.4 Å². The molecule has 18 heavy (non-hydrogen) atoms. The van der Waals surface area contributed by atoms with Gasteiger partial charge in [-0.25, -0.2) is 0 Å². The van der Waals surface area contributed by atoms with E-state index >= 15 is 0 Å². The van der Waals surface area contributed by atoms with Gasteiger partial charge in [0.1, 0.15) is 0 Å². The van der Waals surface area contributed by atoms with Gasteiger partial charge in [-0.15, -0.1) is 0 Å². The third kappa shape index (κ3) is 1.71. The maximum absolute atomic E-state index is 12.7. The Morgan fingerprint density at radius 2 is 2.28 bits per heavy atom. The number of fused-ring (bicyclic) bond motifs is 1. The van der Waals surface area contributed by atoms with E-state index in [4.69, 9.17) is 0 Å². The molecule has 1 aromatic carbocycles. The molecule has 1 aliphatic heterocycles. The zero-order valence-electron chi connectivity index (χ0n) is 10.4. The van der Waals surface area contributed by atoms with Crippen molar-refractivity contribution in [3.63, 3.8) is 0 Å². The summed E-state index contributed by atoms with van der Waals surface area (Å²) in [5, 5.41) is 5.34. The van der Waals surface area contributed by atoms with Gasteiger partial charge in [-0.3, -0.25) is 9.78 Å². The molecule has 1 N–H and O–H groups in total. The molecule has 1 atom stereocenters. The van der Waals surface area contributed by atoms with Gasteiger partial charge in [-0.2, -0.15) is 0 Å². The van der Waals surface area contributed by atoms with E-state index in [0.717, 1.165) is 35.7 Å². The van der Waals surface area contributed by atoms with Gasteiger partial charge in [0.05, 0.1) is 5.54 Å². The Labute approximate surface area is 106 Å². The molecular formula is C15H16N2O. The van der Waals surface area contributed by atoms with Crippen molar-refractivity contribution in [2.75, 3.05) is 6.54 Å². The number of carbonyl (C=O) groups is 1. The Morgan fingerprint density at radius 1 is 1.39 bits per heavy atom. The fourth-order valence-corrected chi connectivity index (χ4v) is 2.71. The van der Waals surface area contributed by atoms with E-state index in [-0.39, 0.29) is 5.78 Å². The summed E-state index contributed by atoms with van der Waals surface area (Å²) in [5.41, 5.74) is 0.393. The summed E-state index contributed by atoms with van der Waals surface area (Å²) in [6.45, 7) is 2.93. The van der Waals surface area contributed by atoms with Gasteiger partial charge < -0.3 is 5.32 Å². The molecule has 1 aliphatic rings. The summed E-state index contributed by atoms with van der Waals surface area (Å²) in [7, 11) is 0. The highest BCUT2D eigenvalue weighted by molar-refractivity contribution is 6.12. The number of aromatic nitrogens is 1. The minimum absolute atomic E-state index is 0.191. The molecule has 1 unspecified atom stereocenters. The molecule has 0 spiro atoms. The zero-order valence-corrected chi connectivity index (χ0v) is 10.4. The zero-order chi connectivity index (χ0) is 12.6. The van der Waals surface area contributed by atoms with Crippen LogP contribution >= 0.6 is 0 Å². The molecule has 1 fully saturated rings. The minimum Gasteiger partial charge on any atom is -0.305 e. The lowest BCUT2D eigenvalue weighted by Gasteiger charge is -2.23. The van der Waals surface area contributed by atoms with Gasteiger partial charge in [0.15, 0.2) is 5.78 Å². The second-order valence-electron chi connectivity index (χ2n) is 5.09. The first kappa shape index (κ1) is 11.4. The molecule has 2 heterocycles. The third-order valence-corrected chi connectivity index (χ3v) is 3.80. The second-order valence-corrected chi connectivity index (χ2v) is 5.09. The van der Waals surface area contributed by atoms with Gasteiger partial charge in [0.2, 0.25) is 0 Å². The van der Waals surface area contributed by atoms with Crippen molar-refractivity contribution in [3.05, 3.63) is 42.2 Å². The summed E-state index contributed by atoms with van der Waals surface area (Å²) in [4.78, 5) is 16.8. The summed E-state index contributed by atoms with van der Waals surface area (Å²) in [6.07, 6.45) is 5.52. The monoisotopic (exact) mass is 240 g/mol. The molecule has 3 nitrogen and oxygen atoms in total. The van der Waals surface area contributed by atoms with Gasteiger partial charge in [-0.1, -0.05) is 18.2 Å². The molecule has 1 aromatic heterocycles. The first-order valence-electron chi connectivity index (χ1n) is 6.33. The number of hydrogen-bond donors (Lipinski definition) is 1. The summed E-state index contributed by atoms with van der Waals surface area (Å²) < 4.78 is 0. The first-order chi connectivity index (χ1) is 8.71.